The first-order valence-electron chi connectivity index (χ1n) is 8.69. The number of nitrogens with zero attached hydrogens (tertiary/aromatic N) is 1. The van der Waals surface area contributed by atoms with Crippen LogP contribution in [0.1, 0.15) is 15.9 Å². The first-order chi connectivity index (χ1) is 13.4. The Morgan fingerprint density at radius 2 is 1.68 bits per heavy atom. The van der Waals surface area contributed by atoms with Crippen molar-refractivity contribution in [2.75, 3.05) is 46.4 Å². The van der Waals surface area contributed by atoms with E-state index < -0.39 is 0 Å². The zero-order valence-corrected chi connectivity index (χ0v) is 17.8. The van der Waals surface area contributed by atoms with Gasteiger partial charge in [0.2, 0.25) is 0 Å². The number of fused-ring (bicyclic) bond motifs is 1. The topological polar surface area (TPSA) is 57.2 Å². The highest BCUT2D eigenvalue weighted by atomic mass is 79.9. The molecule has 28 heavy (non-hydrogen) atoms. The molecule has 0 saturated carbocycles. The molecule has 148 valence electrons. The van der Waals surface area contributed by atoms with Crippen LogP contribution in [0.15, 0.2) is 34.8 Å². The third-order valence-corrected chi connectivity index (χ3v) is 4.91. The molecule has 0 radical (unpaired) electrons. The van der Waals surface area contributed by atoms with E-state index in [0.29, 0.717) is 51.8 Å². The van der Waals surface area contributed by atoms with Gasteiger partial charge < -0.3 is 23.8 Å². The van der Waals surface area contributed by atoms with Gasteiger partial charge in [-0.3, -0.25) is 4.79 Å². The van der Waals surface area contributed by atoms with E-state index >= 15 is 0 Å². The smallest absolute Gasteiger partial charge is 0.200 e. The summed E-state index contributed by atoms with van der Waals surface area (Å²) in [6, 6.07) is 8.90. The van der Waals surface area contributed by atoms with E-state index in [-0.39, 0.29) is 5.78 Å². The normalized spacial score (nSPS) is 13.1. The van der Waals surface area contributed by atoms with Crippen molar-refractivity contribution in [2.24, 2.45) is 0 Å². The highest BCUT2D eigenvalue weighted by Gasteiger charge is 2.18. The number of ether oxygens (including phenoxy) is 4. The molecule has 3 rings (SSSR count). The molecule has 0 aromatic heterocycles. The fourth-order valence-corrected chi connectivity index (χ4v) is 3.37. The van der Waals surface area contributed by atoms with Gasteiger partial charge in [0.1, 0.15) is 24.7 Å². The molecule has 1 aliphatic rings. The van der Waals surface area contributed by atoms with Gasteiger partial charge in [0.05, 0.1) is 24.4 Å². The number of anilines is 1. The Morgan fingerprint density at radius 1 is 1.04 bits per heavy atom. The molecule has 0 fully saturated rings. The Labute approximate surface area is 172 Å². The molecule has 0 atom stereocenters. The van der Waals surface area contributed by atoms with Crippen molar-refractivity contribution in [3.05, 3.63) is 45.9 Å². The summed E-state index contributed by atoms with van der Waals surface area (Å²) in [5, 5.41) is 0. The second-order valence-corrected chi connectivity index (χ2v) is 7.19. The highest BCUT2D eigenvalue weighted by molar-refractivity contribution is 9.12. The van der Waals surface area contributed by atoms with E-state index in [4.69, 9.17) is 18.9 Å². The van der Waals surface area contributed by atoms with Gasteiger partial charge in [0, 0.05) is 31.3 Å². The van der Waals surface area contributed by atoms with Gasteiger partial charge in [-0.2, -0.15) is 0 Å². The number of carbonyl (C=O) groups is 1. The molecule has 0 amide bonds. The van der Waals surface area contributed by atoms with Crippen LogP contribution in [-0.2, 0) is 0 Å². The minimum Gasteiger partial charge on any atom is -0.496 e. The second-order valence-electron chi connectivity index (χ2n) is 6.34. The van der Waals surface area contributed by atoms with Crippen LogP contribution in [0.4, 0.5) is 5.69 Å². The van der Waals surface area contributed by atoms with Crippen LogP contribution in [0.3, 0.4) is 0 Å². The van der Waals surface area contributed by atoms with Crippen molar-refractivity contribution in [3.8, 4) is 23.0 Å². The maximum atomic E-state index is 12.9. The van der Waals surface area contributed by atoms with Gasteiger partial charge in [-0.15, -0.1) is 0 Å². The van der Waals surface area contributed by atoms with E-state index in [2.05, 4.69) is 15.9 Å². The molecule has 0 N–H and O–H groups in total. The van der Waals surface area contributed by atoms with Crippen molar-refractivity contribution in [2.45, 2.75) is 0 Å². The summed E-state index contributed by atoms with van der Waals surface area (Å²) in [6.45, 7) is 0.987. The number of methoxy groups -OCH3 is 2. The highest BCUT2D eigenvalue weighted by Crippen LogP contribution is 2.38. The average molecular weight is 448 g/mol. The molecule has 2 aromatic carbocycles. The summed E-state index contributed by atoms with van der Waals surface area (Å²) >= 11 is 3.41. The Bertz CT molecular complexity index is 923. The minimum atomic E-state index is -0.150. The van der Waals surface area contributed by atoms with Gasteiger partial charge in [-0.05, 0) is 46.3 Å². The molecule has 1 aliphatic heterocycles. The predicted octanol–water partition coefficient (Wildman–Crippen LogP) is 4.16. The molecule has 0 bridgehead atoms. The number of rotatable bonds is 6. The van der Waals surface area contributed by atoms with Crippen LogP contribution in [0.2, 0.25) is 0 Å². The number of Topliss-reactive ketones (excluding diaryl/α,β-unsaturated/α-hetero) is 1. The van der Waals surface area contributed by atoms with Crippen molar-refractivity contribution in [3.63, 3.8) is 0 Å². The second kappa shape index (κ2) is 8.56. The molecular weight excluding hydrogens is 426 g/mol. The lowest BCUT2D eigenvalue weighted by Crippen LogP contribution is -2.15. The first-order valence-corrected chi connectivity index (χ1v) is 9.48. The first kappa shape index (κ1) is 20.1. The van der Waals surface area contributed by atoms with Crippen molar-refractivity contribution < 1.29 is 23.7 Å². The molecule has 1 heterocycles. The van der Waals surface area contributed by atoms with Crippen molar-refractivity contribution in [1.82, 2.24) is 0 Å². The lowest BCUT2D eigenvalue weighted by Gasteiger charge is -2.20. The van der Waals surface area contributed by atoms with Crippen LogP contribution in [0, 0.1) is 0 Å². The molecule has 7 heteroatoms. The van der Waals surface area contributed by atoms with Gasteiger partial charge in [0.15, 0.2) is 17.3 Å². The van der Waals surface area contributed by atoms with E-state index in [0.717, 1.165) is 5.69 Å². The number of hydrogen-bond donors (Lipinski definition) is 0. The van der Waals surface area contributed by atoms with Gasteiger partial charge >= 0.3 is 0 Å². The Morgan fingerprint density at radius 3 is 2.29 bits per heavy atom. The number of carbonyl (C=O) groups excluding carboxylic acids is 1. The summed E-state index contributed by atoms with van der Waals surface area (Å²) < 4.78 is 22.4. The van der Waals surface area contributed by atoms with Crippen LogP contribution in [-0.4, -0.2) is 47.3 Å². The number of halogens is 1. The molecule has 2 aromatic rings. The summed E-state index contributed by atoms with van der Waals surface area (Å²) in [5.41, 5.74) is 2.09. The maximum absolute atomic E-state index is 12.9. The number of hydrogen-bond acceptors (Lipinski definition) is 6. The standard InChI is InChI=1S/C21H22BrNO5/c1-23(2)16-10-13(5-6-17(16)25-3)21(24)15(22)9-14-11-19-20(12-18(14)26-4)28-8-7-27-19/h5-6,9-12H,7-8H2,1-4H3. The predicted molar refractivity (Wildman–Crippen MR) is 113 cm³/mol. The van der Waals surface area contributed by atoms with Gasteiger partial charge in [-0.25, -0.2) is 0 Å². The zero-order chi connectivity index (χ0) is 20.3. The van der Waals surface area contributed by atoms with Crippen LogP contribution in [0.25, 0.3) is 6.08 Å². The third kappa shape index (κ3) is 4.09. The average Bonchev–Trinajstić information content (AvgIpc) is 2.71. The molecule has 0 spiro atoms. The van der Waals surface area contributed by atoms with E-state index in [1.165, 1.54) is 0 Å². The number of allylic oxidation sites excluding steroid dienone is 1. The monoisotopic (exact) mass is 447 g/mol. The number of benzene rings is 2. The molecular formula is C21H22BrNO5. The molecule has 0 aliphatic carbocycles. The summed E-state index contributed by atoms with van der Waals surface area (Å²) in [6.07, 6.45) is 1.72. The fraction of sp³-hybridized carbons (Fsp3) is 0.286. The summed E-state index contributed by atoms with van der Waals surface area (Å²) in [5.74, 6) is 2.41. The zero-order valence-electron chi connectivity index (χ0n) is 16.2. The quantitative estimate of drug-likeness (QED) is 0.489. The van der Waals surface area contributed by atoms with Crippen LogP contribution in [0.5, 0.6) is 23.0 Å². The Hall–Kier alpha value is -2.67. The lowest BCUT2D eigenvalue weighted by atomic mass is 10.1. The lowest BCUT2D eigenvalue weighted by molar-refractivity contribution is 0.104. The third-order valence-electron chi connectivity index (χ3n) is 4.32. The minimum absolute atomic E-state index is 0.150. The molecule has 6 nitrogen and oxygen atoms in total. The van der Waals surface area contributed by atoms with Crippen molar-refractivity contribution >= 4 is 33.5 Å². The van der Waals surface area contributed by atoms with Gasteiger partial charge in [0.25, 0.3) is 0 Å². The molecule has 0 unspecified atom stereocenters. The Kier molecular flexibility index (Phi) is 6.14. The van der Waals surface area contributed by atoms with Crippen molar-refractivity contribution in [1.29, 1.82) is 0 Å². The van der Waals surface area contributed by atoms with Gasteiger partial charge in [-0.1, -0.05) is 0 Å². The largest absolute Gasteiger partial charge is 0.496 e. The van der Waals surface area contributed by atoms with E-state index in [1.807, 2.05) is 19.0 Å². The van der Waals surface area contributed by atoms with Crippen LogP contribution >= 0.6 is 15.9 Å². The van der Waals surface area contributed by atoms with E-state index in [9.17, 15) is 4.79 Å². The van der Waals surface area contributed by atoms with Crippen LogP contribution < -0.4 is 23.8 Å². The SMILES string of the molecule is COc1cc2c(cc1C=C(Br)C(=O)c1ccc(OC)c(N(C)C)c1)OCCO2. The van der Waals surface area contributed by atoms with E-state index in [1.54, 1.807) is 50.6 Å². The Balaban J connectivity index is 1.95. The fourth-order valence-electron chi connectivity index (χ4n) is 2.90. The summed E-state index contributed by atoms with van der Waals surface area (Å²) in [4.78, 5) is 14.8. The molecule has 0 saturated heterocycles. The summed E-state index contributed by atoms with van der Waals surface area (Å²) in [7, 11) is 6.98. The number of ketones is 1. The maximum Gasteiger partial charge on any atom is 0.200 e.